The minimum atomic E-state index is -0.250. The van der Waals surface area contributed by atoms with Crippen molar-refractivity contribution in [2.24, 2.45) is 0 Å². The number of phenolic OH excluding ortho intramolecular Hbond substituents is 1. The van der Waals surface area contributed by atoms with Crippen LogP contribution in [0.2, 0.25) is 0 Å². The van der Waals surface area contributed by atoms with Gasteiger partial charge in [0.05, 0.1) is 16.6 Å². The Kier molecular flexibility index (Phi) is 7.85. The van der Waals surface area contributed by atoms with Gasteiger partial charge in [-0.15, -0.1) is 17.7 Å². The number of rotatable bonds is 5. The molecule has 0 saturated heterocycles. The van der Waals surface area contributed by atoms with E-state index in [-0.39, 0.29) is 32.2 Å². The third kappa shape index (κ3) is 5.02. The van der Waals surface area contributed by atoms with Gasteiger partial charge in [0.25, 0.3) is 0 Å². The van der Waals surface area contributed by atoms with Crippen molar-refractivity contribution in [2.45, 2.75) is 19.3 Å². The van der Waals surface area contributed by atoms with Gasteiger partial charge in [-0.1, -0.05) is 139 Å². The van der Waals surface area contributed by atoms with Crippen LogP contribution < -0.4 is 0 Å². The third-order valence-corrected chi connectivity index (χ3v) is 9.84. The van der Waals surface area contributed by atoms with Gasteiger partial charge >= 0.3 is 0 Å². The molecule has 5 heteroatoms. The molecule has 4 nitrogen and oxygen atoms in total. The standard InChI is InChI=1S/C45H32N3O.Pt/c1-45(2)38-21-11-9-18-34(38)36-26-31(27-37(42(36)45)39-28-30(24-25-46-39)29-14-5-3-6-15-29)33-20-13-22-40-43(33)47-44(35-19-10-12-23-41(35)49)48(40)32-16-7-4-8-17-32;/h3-26,28,49H,1-2H3;/q-1;. The Labute approximate surface area is 306 Å². The quantitative estimate of drug-likeness (QED) is 0.176. The molecule has 2 aromatic heterocycles. The summed E-state index contributed by atoms with van der Waals surface area (Å²) in [5.41, 5.74) is 14.2. The predicted molar refractivity (Wildman–Crippen MR) is 199 cm³/mol. The summed E-state index contributed by atoms with van der Waals surface area (Å²) in [4.78, 5) is 10.3. The van der Waals surface area contributed by atoms with Gasteiger partial charge in [0.2, 0.25) is 0 Å². The summed E-state index contributed by atoms with van der Waals surface area (Å²) in [6, 6.07) is 53.5. The van der Waals surface area contributed by atoms with Gasteiger partial charge in [0.1, 0.15) is 11.6 Å². The fourth-order valence-electron chi connectivity index (χ4n) is 7.56. The Bertz CT molecular complexity index is 2540. The summed E-state index contributed by atoms with van der Waals surface area (Å²) in [5.74, 6) is 0.864. The van der Waals surface area contributed by atoms with E-state index in [1.807, 2.05) is 48.7 Å². The second kappa shape index (κ2) is 12.4. The Hall–Kier alpha value is -5.57. The molecule has 0 bridgehead atoms. The number of hydrogen-bond donors (Lipinski definition) is 1. The fraction of sp³-hybridized carbons (Fsp3) is 0.0667. The van der Waals surface area contributed by atoms with Crippen LogP contribution in [0.3, 0.4) is 0 Å². The number of aromatic nitrogens is 3. The molecule has 0 aliphatic heterocycles. The Morgan fingerprint density at radius 3 is 2.10 bits per heavy atom. The average molecular weight is 826 g/mol. The molecule has 0 radical (unpaired) electrons. The van der Waals surface area contributed by atoms with Gasteiger partial charge < -0.3 is 5.11 Å². The first-order chi connectivity index (χ1) is 24.0. The predicted octanol–water partition coefficient (Wildman–Crippen LogP) is 10.9. The van der Waals surface area contributed by atoms with E-state index in [2.05, 4.69) is 122 Å². The van der Waals surface area contributed by atoms with Crippen molar-refractivity contribution in [3.63, 3.8) is 0 Å². The summed E-state index contributed by atoms with van der Waals surface area (Å²) in [6.07, 6.45) is 1.90. The average Bonchev–Trinajstić information content (AvgIpc) is 3.65. The van der Waals surface area contributed by atoms with E-state index >= 15 is 0 Å². The van der Waals surface area contributed by atoms with E-state index in [0.717, 1.165) is 50.2 Å². The fourth-order valence-corrected chi connectivity index (χ4v) is 7.56. The first-order valence-corrected chi connectivity index (χ1v) is 16.6. The van der Waals surface area contributed by atoms with E-state index in [1.165, 1.54) is 22.3 Å². The summed E-state index contributed by atoms with van der Waals surface area (Å²) in [5, 5.41) is 11.0. The van der Waals surface area contributed by atoms with Gasteiger partial charge in [-0.2, -0.15) is 0 Å². The first kappa shape index (κ1) is 31.7. The van der Waals surface area contributed by atoms with Gasteiger partial charge in [-0.3, -0.25) is 9.55 Å². The maximum atomic E-state index is 11.0. The van der Waals surface area contributed by atoms with Crippen LogP contribution in [0.4, 0.5) is 0 Å². The number of fused-ring (bicyclic) bond motifs is 4. The number of hydrogen-bond acceptors (Lipinski definition) is 3. The van der Waals surface area contributed by atoms with Crippen molar-refractivity contribution in [2.75, 3.05) is 0 Å². The monoisotopic (exact) mass is 825 g/mol. The second-order valence-corrected chi connectivity index (χ2v) is 13.1. The zero-order chi connectivity index (χ0) is 33.1. The minimum Gasteiger partial charge on any atom is -0.507 e. The van der Waals surface area contributed by atoms with Crippen molar-refractivity contribution in [1.82, 2.24) is 14.5 Å². The SMILES string of the molecule is CC1(C)c2ccccc2-c2cc(-c3cccc4c3nc(-c3ccccc3O)n4-c3ccccc3)[c-]c(-c3cc(-c4ccccc4)ccn3)c21.[Pt]. The number of para-hydroxylation sites is 3. The molecule has 2 heterocycles. The van der Waals surface area contributed by atoms with Crippen LogP contribution in [0.15, 0.2) is 152 Å². The first-order valence-electron chi connectivity index (χ1n) is 16.6. The Balaban J connectivity index is 0.00000361. The normalized spacial score (nSPS) is 12.7. The summed E-state index contributed by atoms with van der Waals surface area (Å²) < 4.78 is 2.13. The Morgan fingerprint density at radius 2 is 1.32 bits per heavy atom. The molecule has 0 unspecified atom stereocenters. The number of pyridine rings is 1. The molecule has 0 spiro atoms. The van der Waals surface area contributed by atoms with Gasteiger partial charge in [0.15, 0.2) is 0 Å². The molecule has 1 aliphatic carbocycles. The molecular formula is C45H32N3OPt-. The number of phenols is 1. The molecule has 8 aromatic rings. The van der Waals surface area contributed by atoms with Gasteiger partial charge in [0, 0.05) is 38.6 Å². The van der Waals surface area contributed by atoms with Crippen LogP contribution in [-0.4, -0.2) is 19.6 Å². The summed E-state index contributed by atoms with van der Waals surface area (Å²) >= 11 is 0. The molecular weight excluding hydrogens is 794 g/mol. The van der Waals surface area contributed by atoms with Gasteiger partial charge in [-0.05, 0) is 64.1 Å². The zero-order valence-corrected chi connectivity index (χ0v) is 29.8. The van der Waals surface area contributed by atoms with Crippen LogP contribution in [-0.2, 0) is 26.5 Å². The minimum absolute atomic E-state index is 0. The molecule has 9 rings (SSSR count). The van der Waals surface area contributed by atoms with Crippen molar-refractivity contribution < 1.29 is 26.2 Å². The molecule has 0 saturated carbocycles. The zero-order valence-electron chi connectivity index (χ0n) is 27.5. The van der Waals surface area contributed by atoms with E-state index in [4.69, 9.17) is 9.97 Å². The van der Waals surface area contributed by atoms with Crippen molar-refractivity contribution in [1.29, 1.82) is 0 Å². The van der Waals surface area contributed by atoms with Crippen molar-refractivity contribution >= 4 is 11.0 Å². The van der Waals surface area contributed by atoms with Crippen molar-refractivity contribution in [3.8, 4) is 67.5 Å². The molecule has 1 N–H and O–H groups in total. The molecule has 6 aromatic carbocycles. The number of imidazole rings is 1. The molecule has 1 aliphatic rings. The molecule has 0 atom stereocenters. The summed E-state index contributed by atoms with van der Waals surface area (Å²) in [6.45, 7) is 4.60. The maximum absolute atomic E-state index is 11.0. The maximum Gasteiger partial charge on any atom is 0.148 e. The molecule has 50 heavy (non-hydrogen) atoms. The molecule has 0 fully saturated rings. The number of benzene rings is 6. The smallest absolute Gasteiger partial charge is 0.148 e. The van der Waals surface area contributed by atoms with E-state index in [9.17, 15) is 5.11 Å². The van der Waals surface area contributed by atoms with Crippen LogP contribution in [0.1, 0.15) is 25.0 Å². The number of nitrogens with zero attached hydrogens (tertiary/aromatic N) is 3. The topological polar surface area (TPSA) is 50.9 Å². The van der Waals surface area contributed by atoms with Crippen LogP contribution in [0.25, 0.3) is 72.7 Å². The van der Waals surface area contributed by atoms with Crippen LogP contribution in [0, 0.1) is 6.07 Å². The number of aromatic hydroxyl groups is 1. The van der Waals surface area contributed by atoms with Crippen LogP contribution in [0.5, 0.6) is 5.75 Å². The van der Waals surface area contributed by atoms with E-state index < -0.39 is 0 Å². The van der Waals surface area contributed by atoms with Crippen molar-refractivity contribution in [3.05, 3.63) is 169 Å². The van der Waals surface area contributed by atoms with E-state index in [1.54, 1.807) is 6.07 Å². The molecule has 244 valence electrons. The second-order valence-electron chi connectivity index (χ2n) is 13.1. The Morgan fingerprint density at radius 1 is 0.640 bits per heavy atom. The van der Waals surface area contributed by atoms with Gasteiger partial charge in [-0.25, -0.2) is 4.98 Å². The molecule has 0 amide bonds. The largest absolute Gasteiger partial charge is 0.507 e. The van der Waals surface area contributed by atoms with Crippen LogP contribution >= 0.6 is 0 Å². The third-order valence-electron chi connectivity index (χ3n) is 9.84. The summed E-state index contributed by atoms with van der Waals surface area (Å²) in [7, 11) is 0. The van der Waals surface area contributed by atoms with E-state index in [0.29, 0.717) is 11.4 Å².